The Bertz CT molecular complexity index is 749. The van der Waals surface area contributed by atoms with E-state index in [4.69, 9.17) is 0 Å². The van der Waals surface area contributed by atoms with E-state index in [9.17, 15) is 19.6 Å². The molecule has 24 heavy (non-hydrogen) atoms. The fraction of sp³-hybridized carbons (Fsp3) is 0.438. The number of aliphatic hydroxyl groups is 1. The number of aliphatic hydroxyl groups excluding tert-OH is 1. The van der Waals surface area contributed by atoms with Gasteiger partial charge in [0.2, 0.25) is 0 Å². The van der Waals surface area contributed by atoms with Crippen molar-refractivity contribution >= 4 is 5.69 Å². The second-order valence-corrected chi connectivity index (χ2v) is 6.10. The molecule has 1 N–H and O–H groups in total. The van der Waals surface area contributed by atoms with Crippen LogP contribution in [0.3, 0.4) is 0 Å². The van der Waals surface area contributed by atoms with Gasteiger partial charge in [0, 0.05) is 19.1 Å². The highest BCUT2D eigenvalue weighted by molar-refractivity contribution is 5.32. The van der Waals surface area contributed by atoms with Gasteiger partial charge in [-0.3, -0.25) is 19.7 Å². The Morgan fingerprint density at radius 3 is 3.00 bits per heavy atom. The summed E-state index contributed by atoms with van der Waals surface area (Å²) in [6.07, 6.45) is 2.51. The molecule has 2 aromatic rings. The Balaban J connectivity index is 1.63. The molecule has 0 fully saturated rings. The molecule has 0 unspecified atom stereocenters. The van der Waals surface area contributed by atoms with Crippen LogP contribution >= 0.6 is 0 Å². The van der Waals surface area contributed by atoms with E-state index in [1.54, 1.807) is 12.1 Å². The lowest BCUT2D eigenvalue weighted by Gasteiger charge is -2.36. The lowest BCUT2D eigenvalue weighted by molar-refractivity contribution is -0.385. The van der Waals surface area contributed by atoms with E-state index in [0.717, 1.165) is 24.1 Å². The molecule has 1 aliphatic heterocycles. The van der Waals surface area contributed by atoms with Crippen molar-refractivity contribution in [3.05, 3.63) is 57.7 Å². The van der Waals surface area contributed by atoms with Gasteiger partial charge in [0.1, 0.15) is 18.2 Å². The molecular formula is C16H19FN4O3. The van der Waals surface area contributed by atoms with E-state index in [0.29, 0.717) is 6.54 Å². The van der Waals surface area contributed by atoms with Crippen molar-refractivity contribution < 1.29 is 14.4 Å². The molecule has 3 rings (SSSR count). The summed E-state index contributed by atoms with van der Waals surface area (Å²) in [6.45, 7) is 3.37. The average Bonchev–Trinajstić information content (AvgIpc) is 2.98. The van der Waals surface area contributed by atoms with Crippen LogP contribution in [0.25, 0.3) is 0 Å². The second-order valence-electron chi connectivity index (χ2n) is 6.10. The van der Waals surface area contributed by atoms with Crippen LogP contribution in [0, 0.1) is 15.9 Å². The fourth-order valence-electron chi connectivity index (χ4n) is 3.19. The van der Waals surface area contributed by atoms with Crippen LogP contribution in [0.1, 0.15) is 24.1 Å². The molecule has 8 heteroatoms. The summed E-state index contributed by atoms with van der Waals surface area (Å²) in [6, 6.07) is 4.90. The van der Waals surface area contributed by atoms with Crippen LogP contribution in [-0.2, 0) is 13.0 Å². The molecule has 1 aliphatic rings. The van der Waals surface area contributed by atoms with Crippen molar-refractivity contribution in [1.82, 2.24) is 14.7 Å². The van der Waals surface area contributed by atoms with Gasteiger partial charge in [0.15, 0.2) is 0 Å². The topological polar surface area (TPSA) is 84.4 Å². The Morgan fingerprint density at radius 2 is 2.29 bits per heavy atom. The van der Waals surface area contributed by atoms with Crippen LogP contribution in [0.5, 0.6) is 0 Å². The maximum Gasteiger partial charge on any atom is 0.306 e. The van der Waals surface area contributed by atoms with Gasteiger partial charge < -0.3 is 5.11 Å². The SMILES string of the molecule is C[C@H]1c2ccc(F)cc2CCN1C[C@H](O)Cn1cc([N+](=O)[O-])cn1. The predicted octanol–water partition coefficient (Wildman–Crippen LogP) is 1.91. The number of hydrogen-bond donors (Lipinski definition) is 1. The number of rotatable bonds is 5. The smallest absolute Gasteiger partial charge is 0.306 e. The van der Waals surface area contributed by atoms with Gasteiger partial charge in [-0.25, -0.2) is 4.39 Å². The molecule has 7 nitrogen and oxygen atoms in total. The minimum absolute atomic E-state index is 0.0796. The zero-order valence-electron chi connectivity index (χ0n) is 13.3. The van der Waals surface area contributed by atoms with Gasteiger partial charge >= 0.3 is 5.69 Å². The van der Waals surface area contributed by atoms with Gasteiger partial charge in [-0.1, -0.05) is 6.07 Å². The number of nitro groups is 1. The number of β-amino-alcohol motifs (C(OH)–C–C–N with tert-alkyl or cyclic N) is 1. The molecule has 0 spiro atoms. The molecule has 1 aromatic carbocycles. The van der Waals surface area contributed by atoms with Crippen LogP contribution in [0.2, 0.25) is 0 Å². The lowest BCUT2D eigenvalue weighted by atomic mass is 9.93. The van der Waals surface area contributed by atoms with Crippen LogP contribution in [0.15, 0.2) is 30.6 Å². The van der Waals surface area contributed by atoms with E-state index in [2.05, 4.69) is 10.00 Å². The summed E-state index contributed by atoms with van der Waals surface area (Å²) in [5.41, 5.74) is 1.99. The number of aromatic nitrogens is 2. The number of fused-ring (bicyclic) bond motifs is 1. The van der Waals surface area contributed by atoms with E-state index in [1.807, 2.05) is 6.92 Å². The summed E-state index contributed by atoms with van der Waals surface area (Å²) in [5.74, 6) is -0.227. The zero-order chi connectivity index (χ0) is 17.3. The van der Waals surface area contributed by atoms with Crippen molar-refractivity contribution in [2.45, 2.75) is 32.0 Å². The summed E-state index contributed by atoms with van der Waals surface area (Å²) in [7, 11) is 0. The van der Waals surface area contributed by atoms with Crippen molar-refractivity contribution in [3.63, 3.8) is 0 Å². The molecule has 0 saturated heterocycles. The highest BCUT2D eigenvalue weighted by atomic mass is 19.1. The highest BCUT2D eigenvalue weighted by Crippen LogP contribution is 2.29. The third kappa shape index (κ3) is 3.44. The van der Waals surface area contributed by atoms with E-state index in [1.165, 1.54) is 23.1 Å². The number of hydrogen-bond acceptors (Lipinski definition) is 5. The van der Waals surface area contributed by atoms with Crippen molar-refractivity contribution in [1.29, 1.82) is 0 Å². The fourth-order valence-corrected chi connectivity index (χ4v) is 3.19. The first-order chi connectivity index (χ1) is 11.4. The van der Waals surface area contributed by atoms with Crippen molar-refractivity contribution in [3.8, 4) is 0 Å². The first-order valence-electron chi connectivity index (χ1n) is 7.81. The monoisotopic (exact) mass is 334 g/mol. The highest BCUT2D eigenvalue weighted by Gasteiger charge is 2.26. The Labute approximate surface area is 138 Å². The number of halogens is 1. The van der Waals surface area contributed by atoms with Crippen molar-refractivity contribution in [2.24, 2.45) is 0 Å². The number of nitrogens with zero attached hydrogens (tertiary/aromatic N) is 4. The number of benzene rings is 1. The minimum Gasteiger partial charge on any atom is -0.390 e. The quantitative estimate of drug-likeness (QED) is 0.667. The van der Waals surface area contributed by atoms with Gasteiger partial charge in [0.25, 0.3) is 0 Å². The third-order valence-corrected chi connectivity index (χ3v) is 4.44. The van der Waals surface area contributed by atoms with Gasteiger partial charge in [-0.2, -0.15) is 5.10 Å². The molecule has 2 heterocycles. The second kappa shape index (κ2) is 6.66. The molecule has 2 atom stereocenters. The van der Waals surface area contributed by atoms with Crippen LogP contribution in [-0.4, -0.2) is 43.9 Å². The Kier molecular flexibility index (Phi) is 4.59. The average molecular weight is 334 g/mol. The largest absolute Gasteiger partial charge is 0.390 e. The van der Waals surface area contributed by atoms with E-state index >= 15 is 0 Å². The summed E-state index contributed by atoms with van der Waals surface area (Å²) in [5, 5.41) is 24.8. The molecular weight excluding hydrogens is 315 g/mol. The van der Waals surface area contributed by atoms with Gasteiger partial charge in [-0.05, 0) is 36.6 Å². The molecule has 0 amide bonds. The molecule has 0 saturated carbocycles. The molecule has 1 aromatic heterocycles. The summed E-state index contributed by atoms with van der Waals surface area (Å²) < 4.78 is 14.7. The molecule has 0 bridgehead atoms. The van der Waals surface area contributed by atoms with E-state index in [-0.39, 0.29) is 24.1 Å². The lowest BCUT2D eigenvalue weighted by Crippen LogP contribution is -2.40. The minimum atomic E-state index is -0.700. The molecule has 128 valence electrons. The molecule has 0 radical (unpaired) electrons. The summed E-state index contributed by atoms with van der Waals surface area (Å²) >= 11 is 0. The zero-order valence-corrected chi connectivity index (χ0v) is 13.3. The maximum absolute atomic E-state index is 13.3. The maximum atomic E-state index is 13.3. The van der Waals surface area contributed by atoms with E-state index < -0.39 is 11.0 Å². The molecule has 0 aliphatic carbocycles. The normalized spacial score (nSPS) is 19.0. The van der Waals surface area contributed by atoms with Crippen LogP contribution in [0.4, 0.5) is 10.1 Å². The Morgan fingerprint density at radius 1 is 1.50 bits per heavy atom. The third-order valence-electron chi connectivity index (χ3n) is 4.44. The Hall–Kier alpha value is -2.32. The van der Waals surface area contributed by atoms with Crippen LogP contribution < -0.4 is 0 Å². The standard InChI is InChI=1S/C16H19FN4O3/c1-11-16-3-2-13(17)6-12(16)4-5-19(11)9-15(22)10-20-8-14(7-18-20)21(23)24/h2-3,6-8,11,15,22H,4-5,9-10H2,1H3/t11-,15-/m0/s1. The first-order valence-corrected chi connectivity index (χ1v) is 7.81. The van der Waals surface area contributed by atoms with Gasteiger partial charge in [0.05, 0.1) is 17.6 Å². The predicted molar refractivity (Wildman–Crippen MR) is 85.0 cm³/mol. The first kappa shape index (κ1) is 16.5. The summed E-state index contributed by atoms with van der Waals surface area (Å²) in [4.78, 5) is 12.3. The van der Waals surface area contributed by atoms with Crippen molar-refractivity contribution in [2.75, 3.05) is 13.1 Å². The van der Waals surface area contributed by atoms with Gasteiger partial charge in [-0.15, -0.1) is 0 Å².